The molecule has 1 amide bonds. The van der Waals surface area contributed by atoms with Crippen LogP contribution in [0.25, 0.3) is 11.0 Å². The lowest BCUT2D eigenvalue weighted by Crippen LogP contribution is -2.42. The summed E-state index contributed by atoms with van der Waals surface area (Å²) >= 11 is 0. The van der Waals surface area contributed by atoms with Crippen LogP contribution in [0.2, 0.25) is 0 Å². The molecule has 1 saturated heterocycles. The van der Waals surface area contributed by atoms with Crippen molar-refractivity contribution in [2.24, 2.45) is 0 Å². The molecule has 2 heterocycles. The number of hydrogen-bond acceptors (Lipinski definition) is 5. The largest absolute Gasteiger partial charge is 0.450 e. The van der Waals surface area contributed by atoms with Crippen molar-refractivity contribution < 1.29 is 22.4 Å². The van der Waals surface area contributed by atoms with Gasteiger partial charge in [0.2, 0.25) is 0 Å². The zero-order valence-electron chi connectivity index (χ0n) is 15.4. The smallest absolute Gasteiger partial charge is 0.290 e. The summed E-state index contributed by atoms with van der Waals surface area (Å²) in [5, 5.41) is 0.921. The summed E-state index contributed by atoms with van der Waals surface area (Å²) < 4.78 is 34.8. The van der Waals surface area contributed by atoms with E-state index in [0.717, 1.165) is 16.5 Å². The number of methoxy groups -OCH3 is 1. The Hall–Kier alpha value is -1.86. The molecule has 1 unspecified atom stereocenters. The molecule has 0 N–H and O–H groups in total. The van der Waals surface area contributed by atoms with E-state index in [1.807, 2.05) is 32.0 Å². The maximum absolute atomic E-state index is 13.2. The average Bonchev–Trinajstić information content (AvgIpc) is 3.12. The molecule has 1 aromatic heterocycles. The fourth-order valence-corrected chi connectivity index (χ4v) is 5.30. The monoisotopic (exact) mass is 379 g/mol. The van der Waals surface area contributed by atoms with Gasteiger partial charge in [-0.15, -0.1) is 0 Å². The van der Waals surface area contributed by atoms with E-state index >= 15 is 0 Å². The van der Waals surface area contributed by atoms with Gasteiger partial charge < -0.3 is 14.1 Å². The van der Waals surface area contributed by atoms with Crippen molar-refractivity contribution in [3.05, 3.63) is 35.1 Å². The summed E-state index contributed by atoms with van der Waals surface area (Å²) in [6, 6.07) is 5.51. The van der Waals surface area contributed by atoms with Gasteiger partial charge in [-0.25, -0.2) is 8.42 Å². The summed E-state index contributed by atoms with van der Waals surface area (Å²) in [4.78, 5) is 14.9. The molecule has 1 fully saturated rings. The number of amides is 1. The van der Waals surface area contributed by atoms with Crippen molar-refractivity contribution in [1.29, 1.82) is 0 Å². The van der Waals surface area contributed by atoms with Crippen LogP contribution in [0, 0.1) is 13.8 Å². The predicted molar refractivity (Wildman–Crippen MR) is 100 cm³/mol. The number of ether oxygens (including phenoxy) is 1. The summed E-state index contributed by atoms with van der Waals surface area (Å²) in [5.41, 5.74) is 2.48. The van der Waals surface area contributed by atoms with E-state index in [-0.39, 0.29) is 23.5 Å². The fourth-order valence-electron chi connectivity index (χ4n) is 3.57. The second kappa shape index (κ2) is 7.40. The quantitative estimate of drug-likeness (QED) is 0.721. The van der Waals surface area contributed by atoms with Gasteiger partial charge >= 0.3 is 0 Å². The van der Waals surface area contributed by atoms with Crippen LogP contribution >= 0.6 is 0 Å². The number of furan rings is 1. The van der Waals surface area contributed by atoms with Gasteiger partial charge in [-0.2, -0.15) is 0 Å². The molecule has 0 spiro atoms. The lowest BCUT2D eigenvalue weighted by atomic mass is 10.1. The van der Waals surface area contributed by atoms with Crippen LogP contribution in [0.4, 0.5) is 0 Å². The minimum Gasteiger partial charge on any atom is -0.450 e. The van der Waals surface area contributed by atoms with Gasteiger partial charge in [0, 0.05) is 37.3 Å². The van der Waals surface area contributed by atoms with Crippen LogP contribution < -0.4 is 0 Å². The molecule has 0 aliphatic carbocycles. The molecule has 0 radical (unpaired) electrons. The fraction of sp³-hybridized carbons (Fsp3) is 0.526. The van der Waals surface area contributed by atoms with Gasteiger partial charge in [-0.1, -0.05) is 18.2 Å². The zero-order valence-corrected chi connectivity index (χ0v) is 16.3. The molecule has 1 aliphatic rings. The van der Waals surface area contributed by atoms with Crippen molar-refractivity contribution in [2.45, 2.75) is 32.7 Å². The SMILES string of the molecule is COCCCN(C(=O)c1oc2c(C)cccc2c1C)C1CCS(=O)(=O)C1. The lowest BCUT2D eigenvalue weighted by molar-refractivity contribution is 0.0643. The highest BCUT2D eigenvalue weighted by atomic mass is 32.2. The Morgan fingerprint density at radius 1 is 1.35 bits per heavy atom. The number of aryl methyl sites for hydroxylation is 2. The number of para-hydroxylation sites is 1. The van der Waals surface area contributed by atoms with Gasteiger partial charge in [0.25, 0.3) is 5.91 Å². The number of rotatable bonds is 6. The van der Waals surface area contributed by atoms with Crippen LogP contribution in [0.3, 0.4) is 0 Å². The van der Waals surface area contributed by atoms with Crippen molar-refractivity contribution in [1.82, 2.24) is 4.90 Å². The Morgan fingerprint density at radius 3 is 2.73 bits per heavy atom. The minimum atomic E-state index is -3.08. The lowest BCUT2D eigenvalue weighted by Gasteiger charge is -2.27. The maximum atomic E-state index is 13.2. The Kier molecular flexibility index (Phi) is 5.39. The molecule has 7 heteroatoms. The third-order valence-electron chi connectivity index (χ3n) is 5.01. The first-order chi connectivity index (χ1) is 12.3. The van der Waals surface area contributed by atoms with Gasteiger partial charge in [-0.3, -0.25) is 4.79 Å². The van der Waals surface area contributed by atoms with Gasteiger partial charge in [-0.05, 0) is 32.3 Å². The summed E-state index contributed by atoms with van der Waals surface area (Å²) in [5.74, 6) is 0.209. The average molecular weight is 379 g/mol. The van der Waals surface area contributed by atoms with Crippen LogP contribution in [0.5, 0.6) is 0 Å². The zero-order chi connectivity index (χ0) is 18.9. The number of carbonyl (C=O) groups excluding carboxylic acids is 1. The van der Waals surface area contributed by atoms with Crippen LogP contribution in [0.1, 0.15) is 34.5 Å². The molecule has 142 valence electrons. The van der Waals surface area contributed by atoms with E-state index in [0.29, 0.717) is 37.3 Å². The van der Waals surface area contributed by atoms with Gasteiger partial charge in [0.05, 0.1) is 11.5 Å². The molecule has 1 aromatic carbocycles. The Bertz CT molecular complexity index is 915. The molecule has 2 aromatic rings. The van der Waals surface area contributed by atoms with Crippen LogP contribution in [0.15, 0.2) is 22.6 Å². The van der Waals surface area contributed by atoms with E-state index in [4.69, 9.17) is 9.15 Å². The molecule has 3 rings (SSSR count). The topological polar surface area (TPSA) is 76.8 Å². The number of nitrogens with zero attached hydrogens (tertiary/aromatic N) is 1. The molecular weight excluding hydrogens is 354 g/mol. The molecule has 1 aliphatic heterocycles. The highest BCUT2D eigenvalue weighted by Crippen LogP contribution is 2.30. The Labute approximate surface area is 154 Å². The summed E-state index contributed by atoms with van der Waals surface area (Å²) in [6.07, 6.45) is 1.12. The standard InChI is InChI=1S/C19H25NO5S/c1-13-6-4-7-16-14(2)18(25-17(13)16)19(21)20(9-5-10-24-3)15-8-11-26(22,23)12-15/h4,6-7,15H,5,8-12H2,1-3H3. The van der Waals surface area contributed by atoms with Crippen LogP contribution in [-0.4, -0.2) is 57.0 Å². The normalized spacial score (nSPS) is 19.1. The first-order valence-electron chi connectivity index (χ1n) is 8.83. The Morgan fingerprint density at radius 2 is 2.12 bits per heavy atom. The third-order valence-corrected chi connectivity index (χ3v) is 6.76. The van der Waals surface area contributed by atoms with E-state index < -0.39 is 9.84 Å². The van der Waals surface area contributed by atoms with Crippen LogP contribution in [-0.2, 0) is 14.6 Å². The van der Waals surface area contributed by atoms with E-state index in [1.54, 1.807) is 12.0 Å². The number of fused-ring (bicyclic) bond motifs is 1. The molecule has 6 nitrogen and oxygen atoms in total. The maximum Gasteiger partial charge on any atom is 0.290 e. The second-order valence-corrected chi connectivity index (χ2v) is 9.14. The van der Waals surface area contributed by atoms with Crippen molar-refractivity contribution in [2.75, 3.05) is 31.8 Å². The van der Waals surface area contributed by atoms with Crippen molar-refractivity contribution in [3.63, 3.8) is 0 Å². The molecule has 26 heavy (non-hydrogen) atoms. The van der Waals surface area contributed by atoms with E-state index in [1.165, 1.54) is 0 Å². The van der Waals surface area contributed by atoms with Crippen molar-refractivity contribution in [3.8, 4) is 0 Å². The second-order valence-electron chi connectivity index (χ2n) is 6.91. The number of hydrogen-bond donors (Lipinski definition) is 0. The number of sulfone groups is 1. The number of benzene rings is 1. The molecule has 0 bridgehead atoms. The third kappa shape index (κ3) is 3.64. The highest BCUT2D eigenvalue weighted by Gasteiger charge is 2.36. The predicted octanol–water partition coefficient (Wildman–Crippen LogP) is 2.72. The Balaban J connectivity index is 1.94. The minimum absolute atomic E-state index is 0.0179. The van der Waals surface area contributed by atoms with Crippen molar-refractivity contribution >= 4 is 26.7 Å². The van der Waals surface area contributed by atoms with E-state index in [2.05, 4.69) is 0 Å². The van der Waals surface area contributed by atoms with Gasteiger partial charge in [0.1, 0.15) is 5.58 Å². The summed E-state index contributed by atoms with van der Waals surface area (Å²) in [7, 11) is -1.47. The summed E-state index contributed by atoms with van der Waals surface area (Å²) in [6.45, 7) is 4.78. The van der Waals surface area contributed by atoms with Gasteiger partial charge in [0.15, 0.2) is 15.6 Å². The van der Waals surface area contributed by atoms with E-state index in [9.17, 15) is 13.2 Å². The highest BCUT2D eigenvalue weighted by molar-refractivity contribution is 7.91. The molecule has 0 saturated carbocycles. The molecule has 1 atom stereocenters. The first-order valence-corrected chi connectivity index (χ1v) is 10.6. The number of carbonyl (C=O) groups is 1. The molecular formula is C19H25NO5S. The first kappa shape index (κ1) is 18.9.